The van der Waals surface area contributed by atoms with Gasteiger partial charge in [0.05, 0.1) is 11.3 Å². The van der Waals surface area contributed by atoms with Crippen molar-refractivity contribution in [1.82, 2.24) is 9.97 Å². The molecule has 0 saturated heterocycles. The largest absolute Gasteiger partial charge is 0.416 e. The van der Waals surface area contributed by atoms with E-state index in [9.17, 15) is 17.6 Å². The van der Waals surface area contributed by atoms with Crippen molar-refractivity contribution in [1.29, 1.82) is 0 Å². The molecule has 3 N–H and O–H groups in total. The van der Waals surface area contributed by atoms with Crippen LogP contribution in [0.1, 0.15) is 11.3 Å². The number of aromatic nitrogens is 2. The van der Waals surface area contributed by atoms with E-state index in [1.807, 2.05) is 0 Å². The third-order valence-electron chi connectivity index (χ3n) is 2.45. The Labute approximate surface area is 122 Å². The van der Waals surface area contributed by atoms with E-state index in [0.29, 0.717) is 18.2 Å². The minimum Gasteiger partial charge on any atom is -0.388 e. The average Bonchev–Trinajstić information content (AvgIpc) is 2.40. The summed E-state index contributed by atoms with van der Waals surface area (Å²) in [5, 5.41) is 2.37. The number of anilines is 2. The topological polar surface area (TPSA) is 63.8 Å². The molecule has 110 valence electrons. The summed E-state index contributed by atoms with van der Waals surface area (Å²) in [6.45, 7) is 0. The molecule has 0 atom stereocenters. The molecule has 1 aromatic carbocycles. The van der Waals surface area contributed by atoms with E-state index >= 15 is 0 Å². The lowest BCUT2D eigenvalue weighted by molar-refractivity contribution is -0.137. The van der Waals surface area contributed by atoms with Crippen LogP contribution in [0.15, 0.2) is 30.5 Å². The molecule has 0 saturated carbocycles. The van der Waals surface area contributed by atoms with Crippen molar-refractivity contribution in [3.63, 3.8) is 0 Å². The summed E-state index contributed by atoms with van der Waals surface area (Å²) in [5.74, 6) is -0.981. The molecule has 0 unspecified atom stereocenters. The fraction of sp³-hybridized carbons (Fsp3) is 0.0833. The highest BCUT2D eigenvalue weighted by Crippen LogP contribution is 2.32. The average molecular weight is 316 g/mol. The molecule has 0 radical (unpaired) electrons. The predicted octanol–water partition coefficient (Wildman–Crippen LogP) is 3.01. The number of nitrogens with two attached hydrogens (primary N) is 1. The summed E-state index contributed by atoms with van der Waals surface area (Å²) in [6, 6.07) is 3.41. The zero-order valence-electron chi connectivity index (χ0n) is 10.3. The first-order valence-electron chi connectivity index (χ1n) is 5.54. The predicted molar refractivity (Wildman–Crippen MR) is 72.6 cm³/mol. The molecule has 1 heterocycles. The van der Waals surface area contributed by atoms with Gasteiger partial charge in [0, 0.05) is 6.20 Å². The minimum atomic E-state index is -4.58. The number of benzene rings is 1. The summed E-state index contributed by atoms with van der Waals surface area (Å²) < 4.78 is 51.3. The number of alkyl halides is 3. The number of hydrogen-bond acceptors (Lipinski definition) is 4. The van der Waals surface area contributed by atoms with Gasteiger partial charge in [-0.05, 0) is 24.3 Å². The highest BCUT2D eigenvalue weighted by atomic mass is 32.1. The molecule has 1 aromatic heterocycles. The van der Waals surface area contributed by atoms with Crippen LogP contribution in [0, 0.1) is 5.82 Å². The highest BCUT2D eigenvalue weighted by molar-refractivity contribution is 7.80. The van der Waals surface area contributed by atoms with Gasteiger partial charge in [-0.15, -0.1) is 0 Å². The number of nitrogens with zero attached hydrogens (tertiary/aromatic N) is 2. The lowest BCUT2D eigenvalue weighted by Gasteiger charge is -2.11. The lowest BCUT2D eigenvalue weighted by Crippen LogP contribution is -2.13. The first-order valence-corrected chi connectivity index (χ1v) is 5.95. The van der Waals surface area contributed by atoms with Gasteiger partial charge >= 0.3 is 6.18 Å². The molecule has 0 aliphatic rings. The van der Waals surface area contributed by atoms with Gasteiger partial charge in [-0.25, -0.2) is 14.4 Å². The van der Waals surface area contributed by atoms with E-state index in [2.05, 4.69) is 15.3 Å². The van der Waals surface area contributed by atoms with Gasteiger partial charge in [0.25, 0.3) is 0 Å². The van der Waals surface area contributed by atoms with Crippen molar-refractivity contribution < 1.29 is 17.6 Å². The summed E-state index contributed by atoms with van der Waals surface area (Å²) in [4.78, 5) is 7.62. The highest BCUT2D eigenvalue weighted by Gasteiger charge is 2.31. The van der Waals surface area contributed by atoms with E-state index in [1.54, 1.807) is 0 Å². The van der Waals surface area contributed by atoms with Crippen LogP contribution in [-0.4, -0.2) is 15.0 Å². The SMILES string of the molecule is NC(=S)c1ccnc(Nc2cc(C(F)(F)F)ccc2F)n1. The normalized spacial score (nSPS) is 11.2. The zero-order chi connectivity index (χ0) is 15.6. The summed E-state index contributed by atoms with van der Waals surface area (Å²) in [6.07, 6.45) is -3.28. The lowest BCUT2D eigenvalue weighted by atomic mass is 10.2. The molecule has 0 aliphatic heterocycles. The van der Waals surface area contributed by atoms with Crippen LogP contribution in [0.3, 0.4) is 0 Å². The van der Waals surface area contributed by atoms with Gasteiger partial charge < -0.3 is 11.1 Å². The maximum absolute atomic E-state index is 13.6. The Bertz CT molecular complexity index is 687. The van der Waals surface area contributed by atoms with Gasteiger partial charge in [-0.3, -0.25) is 0 Å². The summed E-state index contributed by atoms with van der Waals surface area (Å²) in [7, 11) is 0. The van der Waals surface area contributed by atoms with Crippen LogP contribution in [-0.2, 0) is 6.18 Å². The quantitative estimate of drug-likeness (QED) is 0.673. The fourth-order valence-electron chi connectivity index (χ4n) is 1.47. The second-order valence-electron chi connectivity index (χ2n) is 3.95. The Morgan fingerprint density at radius 2 is 1.95 bits per heavy atom. The van der Waals surface area contributed by atoms with Crippen molar-refractivity contribution in [3.8, 4) is 0 Å². The van der Waals surface area contributed by atoms with Gasteiger partial charge in [0.15, 0.2) is 0 Å². The molecule has 0 fully saturated rings. The smallest absolute Gasteiger partial charge is 0.388 e. The molecule has 21 heavy (non-hydrogen) atoms. The van der Waals surface area contributed by atoms with Crippen LogP contribution in [0.5, 0.6) is 0 Å². The van der Waals surface area contributed by atoms with Crippen LogP contribution in [0.4, 0.5) is 29.2 Å². The first kappa shape index (κ1) is 15.1. The number of thiocarbonyl (C=S) groups is 1. The molecular weight excluding hydrogens is 308 g/mol. The third-order valence-corrected chi connectivity index (χ3v) is 2.66. The summed E-state index contributed by atoms with van der Waals surface area (Å²) in [5.41, 5.74) is 4.21. The van der Waals surface area contributed by atoms with Crippen molar-refractivity contribution in [2.45, 2.75) is 6.18 Å². The zero-order valence-corrected chi connectivity index (χ0v) is 11.1. The Morgan fingerprint density at radius 3 is 2.57 bits per heavy atom. The molecule has 2 aromatic rings. The van der Waals surface area contributed by atoms with Crippen LogP contribution in [0.25, 0.3) is 0 Å². The monoisotopic (exact) mass is 316 g/mol. The standard InChI is InChI=1S/C12H8F4N4S/c13-7-2-1-6(12(14,15)16)5-9(7)20-11-18-4-3-8(19-11)10(17)21/h1-5H,(H2,17,21)(H,18,19,20). The molecule has 0 spiro atoms. The third kappa shape index (κ3) is 3.63. The van der Waals surface area contributed by atoms with Gasteiger partial charge in [-0.2, -0.15) is 13.2 Å². The Kier molecular flexibility index (Phi) is 4.03. The van der Waals surface area contributed by atoms with E-state index in [0.717, 1.165) is 0 Å². The summed E-state index contributed by atoms with van der Waals surface area (Å²) >= 11 is 4.72. The van der Waals surface area contributed by atoms with Crippen molar-refractivity contribution in [2.75, 3.05) is 5.32 Å². The number of halogens is 4. The molecule has 0 aliphatic carbocycles. The minimum absolute atomic E-state index is 0.00929. The maximum Gasteiger partial charge on any atom is 0.416 e. The van der Waals surface area contributed by atoms with Crippen molar-refractivity contribution in [3.05, 3.63) is 47.5 Å². The first-order chi connectivity index (χ1) is 9.77. The van der Waals surface area contributed by atoms with E-state index in [1.165, 1.54) is 12.3 Å². The van der Waals surface area contributed by atoms with Crippen LogP contribution in [0.2, 0.25) is 0 Å². The van der Waals surface area contributed by atoms with Gasteiger partial charge in [-0.1, -0.05) is 12.2 Å². The second-order valence-corrected chi connectivity index (χ2v) is 4.39. The number of hydrogen-bond donors (Lipinski definition) is 2. The Morgan fingerprint density at radius 1 is 1.24 bits per heavy atom. The number of nitrogens with one attached hydrogen (secondary N) is 1. The van der Waals surface area contributed by atoms with Crippen molar-refractivity contribution in [2.24, 2.45) is 5.73 Å². The number of rotatable bonds is 3. The Balaban J connectivity index is 2.35. The molecule has 0 bridgehead atoms. The van der Waals surface area contributed by atoms with Crippen molar-refractivity contribution >= 4 is 28.8 Å². The Hall–Kier alpha value is -2.29. The van der Waals surface area contributed by atoms with E-state index in [-0.39, 0.29) is 16.6 Å². The van der Waals surface area contributed by atoms with E-state index < -0.39 is 23.2 Å². The van der Waals surface area contributed by atoms with Gasteiger partial charge in [0.1, 0.15) is 16.5 Å². The molecule has 4 nitrogen and oxygen atoms in total. The van der Waals surface area contributed by atoms with Crippen LogP contribution >= 0.6 is 12.2 Å². The molecule has 9 heteroatoms. The second kappa shape index (κ2) is 5.60. The van der Waals surface area contributed by atoms with Gasteiger partial charge in [0.2, 0.25) is 5.95 Å². The molecule has 0 amide bonds. The van der Waals surface area contributed by atoms with E-state index in [4.69, 9.17) is 18.0 Å². The molecule has 2 rings (SSSR count). The van der Waals surface area contributed by atoms with Crippen LogP contribution < -0.4 is 11.1 Å². The molecular formula is C12H8F4N4S. The fourth-order valence-corrected chi connectivity index (χ4v) is 1.59. The maximum atomic E-state index is 13.6.